The maximum atomic E-state index is 13.5. The molecule has 2 N–H and O–H groups in total. The van der Waals surface area contributed by atoms with Crippen LogP contribution < -0.4 is 14.9 Å². The van der Waals surface area contributed by atoms with Crippen molar-refractivity contribution in [1.82, 2.24) is 5.32 Å². The summed E-state index contributed by atoms with van der Waals surface area (Å²) in [4.78, 5) is 36.8. The summed E-state index contributed by atoms with van der Waals surface area (Å²) in [5.41, 5.74) is 0.142. The second kappa shape index (κ2) is 11.9. The van der Waals surface area contributed by atoms with Crippen LogP contribution in [-0.4, -0.2) is 37.7 Å². The number of non-ortho nitro benzene ring substituents is 1. The first kappa shape index (κ1) is 26.8. The molecule has 4 rings (SSSR count). The van der Waals surface area contributed by atoms with Gasteiger partial charge in [-0.05, 0) is 43.2 Å². The Morgan fingerprint density at radius 1 is 0.921 bits per heavy atom. The topological polar surface area (TPSA) is 139 Å². The van der Waals surface area contributed by atoms with Crippen molar-refractivity contribution in [2.45, 2.75) is 43.0 Å². The van der Waals surface area contributed by atoms with Crippen molar-refractivity contribution in [1.29, 1.82) is 0 Å². The number of amides is 2. The Balaban J connectivity index is 1.60. The van der Waals surface area contributed by atoms with Crippen LogP contribution in [0.5, 0.6) is 0 Å². The van der Waals surface area contributed by atoms with E-state index in [2.05, 4.69) is 10.6 Å². The van der Waals surface area contributed by atoms with Crippen LogP contribution in [0.3, 0.4) is 0 Å². The van der Waals surface area contributed by atoms with Crippen LogP contribution in [0.2, 0.25) is 0 Å². The lowest BCUT2D eigenvalue weighted by molar-refractivity contribution is -0.384. The second-order valence-electron chi connectivity index (χ2n) is 9.00. The van der Waals surface area contributed by atoms with Crippen LogP contribution in [0.1, 0.15) is 42.5 Å². The lowest BCUT2D eigenvalue weighted by Gasteiger charge is -2.25. The Kier molecular flexibility index (Phi) is 8.37. The maximum Gasteiger partial charge on any atom is 0.271 e. The molecule has 11 heteroatoms. The van der Waals surface area contributed by atoms with Gasteiger partial charge >= 0.3 is 0 Å². The molecule has 0 aliphatic heterocycles. The van der Waals surface area contributed by atoms with Crippen LogP contribution in [0, 0.1) is 10.1 Å². The number of para-hydroxylation sites is 1. The molecule has 0 radical (unpaired) electrons. The molecule has 1 saturated carbocycles. The summed E-state index contributed by atoms with van der Waals surface area (Å²) in [5.74, 6) is -1.03. The molecule has 10 nitrogen and oxygen atoms in total. The monoisotopic (exact) mass is 536 g/mol. The van der Waals surface area contributed by atoms with Gasteiger partial charge in [-0.2, -0.15) is 0 Å². The minimum absolute atomic E-state index is 0.0403. The average molecular weight is 537 g/mol. The van der Waals surface area contributed by atoms with Crippen molar-refractivity contribution in [2.24, 2.45) is 0 Å². The van der Waals surface area contributed by atoms with Crippen LogP contribution in [-0.2, 0) is 14.8 Å². The fraction of sp³-hybridized carbons (Fsp3) is 0.259. The summed E-state index contributed by atoms with van der Waals surface area (Å²) < 4.78 is 27.8. The number of sulfonamides is 1. The van der Waals surface area contributed by atoms with Gasteiger partial charge in [0.15, 0.2) is 0 Å². The van der Waals surface area contributed by atoms with Crippen molar-refractivity contribution in [2.75, 3.05) is 16.2 Å². The molecule has 1 aliphatic carbocycles. The molecule has 0 heterocycles. The average Bonchev–Trinajstić information content (AvgIpc) is 2.93. The molecule has 0 unspecified atom stereocenters. The largest absolute Gasteiger partial charge is 0.349 e. The van der Waals surface area contributed by atoms with Crippen LogP contribution >= 0.6 is 0 Å². The molecule has 0 saturated heterocycles. The fourth-order valence-corrected chi connectivity index (χ4v) is 5.85. The van der Waals surface area contributed by atoms with Crippen molar-refractivity contribution in [3.63, 3.8) is 0 Å². The van der Waals surface area contributed by atoms with E-state index in [1.165, 1.54) is 30.3 Å². The highest BCUT2D eigenvalue weighted by atomic mass is 32.2. The Morgan fingerprint density at radius 2 is 1.61 bits per heavy atom. The maximum absolute atomic E-state index is 13.5. The molecule has 0 atom stereocenters. The normalized spacial score (nSPS) is 13.9. The Morgan fingerprint density at radius 3 is 2.32 bits per heavy atom. The third-order valence-corrected chi connectivity index (χ3v) is 8.12. The molecule has 3 aromatic carbocycles. The zero-order chi connectivity index (χ0) is 27.1. The molecule has 38 heavy (non-hydrogen) atoms. The lowest BCUT2D eigenvalue weighted by atomic mass is 9.95. The molecule has 198 valence electrons. The molecule has 3 aromatic rings. The van der Waals surface area contributed by atoms with E-state index in [0.717, 1.165) is 42.5 Å². The standard InChI is InChI=1S/C27H28N4O6S/c32-26(29-25-17-8-7-16-24(25)27(33)28-20-10-3-1-4-11-20)19-30(21-12-9-13-22(18-21)31(34)35)38(36,37)23-14-5-2-6-15-23/h2,5-9,12-18,20H,1,3-4,10-11,19H2,(H,28,33)(H,29,32). The van der Waals surface area contributed by atoms with Gasteiger partial charge in [0.05, 0.1) is 26.8 Å². The van der Waals surface area contributed by atoms with Crippen molar-refractivity contribution in [3.05, 3.63) is 94.5 Å². The van der Waals surface area contributed by atoms with Gasteiger partial charge in [0.1, 0.15) is 6.54 Å². The van der Waals surface area contributed by atoms with Gasteiger partial charge in [0, 0.05) is 18.2 Å². The predicted molar refractivity (Wildman–Crippen MR) is 143 cm³/mol. The number of anilines is 2. The number of carbonyl (C=O) groups excluding carboxylic acids is 2. The minimum atomic E-state index is -4.26. The van der Waals surface area contributed by atoms with Gasteiger partial charge in [0.25, 0.3) is 21.6 Å². The summed E-state index contributed by atoms with van der Waals surface area (Å²) in [6.45, 7) is -0.670. The van der Waals surface area contributed by atoms with E-state index >= 15 is 0 Å². The SMILES string of the molecule is O=C(CN(c1cccc([N+](=O)[O-])c1)S(=O)(=O)c1ccccc1)Nc1ccccc1C(=O)NC1CCCCC1. The second-order valence-corrected chi connectivity index (χ2v) is 10.9. The van der Waals surface area contributed by atoms with Gasteiger partial charge in [0.2, 0.25) is 5.91 Å². The zero-order valence-electron chi connectivity index (χ0n) is 20.6. The minimum Gasteiger partial charge on any atom is -0.349 e. The van der Waals surface area contributed by atoms with Crippen LogP contribution in [0.15, 0.2) is 83.8 Å². The van der Waals surface area contributed by atoms with E-state index in [-0.39, 0.29) is 39.5 Å². The summed E-state index contributed by atoms with van der Waals surface area (Å²) in [6.07, 6.45) is 5.04. The molecule has 1 fully saturated rings. The number of nitrogens with zero attached hydrogens (tertiary/aromatic N) is 2. The summed E-state index contributed by atoms with van der Waals surface area (Å²) in [7, 11) is -4.26. The quantitative estimate of drug-likeness (QED) is 0.305. The molecule has 0 bridgehead atoms. The lowest BCUT2D eigenvalue weighted by Crippen LogP contribution is -2.39. The van der Waals surface area contributed by atoms with Gasteiger partial charge in [-0.3, -0.25) is 24.0 Å². The highest BCUT2D eigenvalue weighted by Gasteiger charge is 2.29. The number of hydrogen-bond donors (Lipinski definition) is 2. The van der Waals surface area contributed by atoms with E-state index in [0.29, 0.717) is 0 Å². The molecule has 2 amide bonds. The zero-order valence-corrected chi connectivity index (χ0v) is 21.4. The third-order valence-electron chi connectivity index (χ3n) is 6.33. The van der Waals surface area contributed by atoms with Gasteiger partial charge in [-0.1, -0.05) is 55.7 Å². The summed E-state index contributed by atoms with van der Waals surface area (Å²) >= 11 is 0. The highest BCUT2D eigenvalue weighted by molar-refractivity contribution is 7.92. The number of carbonyl (C=O) groups is 2. The van der Waals surface area contributed by atoms with E-state index in [1.54, 1.807) is 42.5 Å². The van der Waals surface area contributed by atoms with Crippen molar-refractivity contribution >= 4 is 38.9 Å². The fourth-order valence-electron chi connectivity index (χ4n) is 4.42. The number of hydrogen-bond acceptors (Lipinski definition) is 6. The third kappa shape index (κ3) is 6.35. The first-order valence-electron chi connectivity index (χ1n) is 12.3. The highest BCUT2D eigenvalue weighted by Crippen LogP contribution is 2.27. The van der Waals surface area contributed by atoms with E-state index in [1.807, 2.05) is 0 Å². The summed E-state index contributed by atoms with van der Waals surface area (Å²) in [6, 6.07) is 19.1. The smallest absolute Gasteiger partial charge is 0.271 e. The van der Waals surface area contributed by atoms with Gasteiger partial charge in [-0.25, -0.2) is 8.42 Å². The number of nitro benzene ring substituents is 1. The van der Waals surface area contributed by atoms with Crippen molar-refractivity contribution < 1.29 is 22.9 Å². The Hall–Kier alpha value is -4.25. The molecular formula is C27H28N4O6S. The Labute approximate surface area is 220 Å². The van der Waals surface area contributed by atoms with Crippen LogP contribution in [0.4, 0.5) is 17.1 Å². The number of nitro groups is 1. The summed E-state index contributed by atoms with van der Waals surface area (Å²) in [5, 5.41) is 17.0. The first-order chi connectivity index (χ1) is 18.3. The first-order valence-corrected chi connectivity index (χ1v) is 13.7. The molecule has 0 spiro atoms. The predicted octanol–water partition coefficient (Wildman–Crippen LogP) is 4.49. The van der Waals surface area contributed by atoms with E-state index < -0.39 is 27.4 Å². The van der Waals surface area contributed by atoms with E-state index in [9.17, 15) is 28.1 Å². The molecule has 0 aromatic heterocycles. The van der Waals surface area contributed by atoms with Gasteiger partial charge in [-0.15, -0.1) is 0 Å². The number of rotatable bonds is 9. The van der Waals surface area contributed by atoms with Gasteiger partial charge < -0.3 is 10.6 Å². The molecule has 1 aliphatic rings. The number of nitrogens with one attached hydrogen (secondary N) is 2. The van der Waals surface area contributed by atoms with Crippen LogP contribution in [0.25, 0.3) is 0 Å². The van der Waals surface area contributed by atoms with E-state index in [4.69, 9.17) is 0 Å². The Bertz CT molecular complexity index is 1420. The molecular weight excluding hydrogens is 508 g/mol. The van der Waals surface area contributed by atoms with Crippen molar-refractivity contribution in [3.8, 4) is 0 Å². The number of benzene rings is 3.